The van der Waals surface area contributed by atoms with Crippen LogP contribution in [0.4, 0.5) is 4.79 Å². The monoisotopic (exact) mass is 626 g/mol. The molecule has 0 aliphatic carbocycles. The lowest BCUT2D eigenvalue weighted by atomic mass is 9.91. The molecule has 3 fully saturated rings. The van der Waals surface area contributed by atoms with E-state index in [1.165, 1.54) is 4.90 Å². The molecule has 226 valence electrons. The van der Waals surface area contributed by atoms with Crippen LogP contribution < -0.4 is 16.0 Å². The van der Waals surface area contributed by atoms with E-state index in [9.17, 15) is 48.9 Å². The average Bonchev–Trinajstić information content (AvgIpc) is 3.19. The second kappa shape index (κ2) is 10.9. The molecule has 0 unspecified atom stereocenters. The number of fused-ring (bicyclic) bond motifs is 1. The summed E-state index contributed by atoms with van der Waals surface area (Å²) >= 11 is 7.24. The summed E-state index contributed by atoms with van der Waals surface area (Å²) in [4.78, 5) is 91.6. The Morgan fingerprint density at radius 2 is 1.79 bits per heavy atom. The second-order valence-corrected chi connectivity index (χ2v) is 12.3. The molecule has 42 heavy (non-hydrogen) atoms. The van der Waals surface area contributed by atoms with E-state index in [2.05, 4.69) is 16.0 Å². The van der Waals surface area contributed by atoms with Gasteiger partial charge in [-0.3, -0.25) is 28.9 Å². The van der Waals surface area contributed by atoms with Crippen molar-refractivity contribution in [2.45, 2.75) is 48.6 Å². The van der Waals surface area contributed by atoms with Gasteiger partial charge in [-0.25, -0.2) is 9.59 Å². The number of phenols is 2. The van der Waals surface area contributed by atoms with Crippen molar-refractivity contribution >= 4 is 65.4 Å². The first-order valence-corrected chi connectivity index (χ1v) is 13.8. The van der Waals surface area contributed by atoms with Crippen LogP contribution in [0.5, 0.6) is 11.5 Å². The number of phenolic OH excluding ortho intramolecular Hbond substituents is 2. The molecule has 3 heterocycles. The fourth-order valence-electron chi connectivity index (χ4n) is 5.15. The van der Waals surface area contributed by atoms with Gasteiger partial charge in [-0.2, -0.15) is 0 Å². The summed E-state index contributed by atoms with van der Waals surface area (Å²) in [7, 11) is 0. The smallest absolute Gasteiger partial charge is 0.327 e. The zero-order valence-electron chi connectivity index (χ0n) is 22.4. The normalized spacial score (nSPS) is 25.3. The predicted molar refractivity (Wildman–Crippen MR) is 144 cm³/mol. The SMILES string of the molecule is CCN1CCN(C(=O)N[C@@H](C(=O)N[C@]2(NC=O)C(=O)N3[C@@H](C(=O)O)C(C)(C)S[C@@H]32)c2cc(O)c(O)cc2Cl)C(=O)C1=O. The van der Waals surface area contributed by atoms with Gasteiger partial charge in [0.1, 0.15) is 17.5 Å². The van der Waals surface area contributed by atoms with E-state index in [0.29, 0.717) is 4.90 Å². The third-order valence-electron chi connectivity index (χ3n) is 7.26. The highest BCUT2D eigenvalue weighted by atomic mass is 35.5. The average molecular weight is 627 g/mol. The van der Waals surface area contributed by atoms with Crippen molar-refractivity contribution in [1.29, 1.82) is 0 Å². The third-order valence-corrected chi connectivity index (χ3v) is 9.22. The second-order valence-electron chi connectivity index (χ2n) is 10.2. The van der Waals surface area contributed by atoms with Crippen molar-refractivity contribution in [3.8, 4) is 11.5 Å². The first-order chi connectivity index (χ1) is 19.6. The van der Waals surface area contributed by atoms with Gasteiger partial charge >= 0.3 is 23.8 Å². The first-order valence-electron chi connectivity index (χ1n) is 12.5. The zero-order chi connectivity index (χ0) is 31.3. The number of carboxylic acids is 1. The van der Waals surface area contributed by atoms with Crippen molar-refractivity contribution in [2.24, 2.45) is 0 Å². The molecule has 6 N–H and O–H groups in total. The summed E-state index contributed by atoms with van der Waals surface area (Å²) in [5.74, 6) is -6.89. The number of carbonyl (C=O) groups is 7. The van der Waals surface area contributed by atoms with Crippen LogP contribution in [0.3, 0.4) is 0 Å². The lowest BCUT2D eigenvalue weighted by Gasteiger charge is -2.52. The number of rotatable bonds is 8. The maximum Gasteiger partial charge on any atom is 0.327 e. The summed E-state index contributed by atoms with van der Waals surface area (Å²) in [6.45, 7) is 4.85. The van der Waals surface area contributed by atoms with Crippen molar-refractivity contribution in [3.63, 3.8) is 0 Å². The Balaban J connectivity index is 1.69. The summed E-state index contributed by atoms with van der Waals surface area (Å²) in [6.07, 6.45) is 0.140. The Bertz CT molecular complexity index is 1410. The number of imide groups is 1. The van der Waals surface area contributed by atoms with Crippen LogP contribution >= 0.6 is 23.4 Å². The molecule has 0 radical (unpaired) electrons. The van der Waals surface area contributed by atoms with Gasteiger partial charge in [0.25, 0.3) is 5.91 Å². The molecule has 3 aliphatic heterocycles. The number of nitrogens with one attached hydrogen (secondary N) is 3. The topological polar surface area (TPSA) is 226 Å². The molecule has 4 atom stereocenters. The largest absolute Gasteiger partial charge is 0.504 e. The lowest BCUT2D eigenvalue weighted by molar-refractivity contribution is -0.172. The van der Waals surface area contributed by atoms with E-state index in [4.69, 9.17) is 11.6 Å². The summed E-state index contributed by atoms with van der Waals surface area (Å²) in [5.41, 5.74) is -2.42. The summed E-state index contributed by atoms with van der Waals surface area (Å²) < 4.78 is -1.03. The molecule has 7 amide bonds. The minimum absolute atomic E-state index is 0.0300. The molecule has 0 bridgehead atoms. The number of piperazine rings is 1. The standard InChI is InChI=1S/C24H27ClN6O10S/c1-4-29-5-6-30(18(37)17(29)36)22(41)27-14(10-7-12(33)13(34)8-11(10)25)16(35)28-24(26-9-32)20(40)31-15(19(38)39)23(2,3)42-21(24)31/h7-9,14-15,21,33-34H,4-6H2,1-3H3,(H,26,32)(H,27,41)(H,28,35)(H,38,39)/t14-,15+,21-,24-/m1/s1. The van der Waals surface area contributed by atoms with Gasteiger partial charge in [0, 0.05) is 36.0 Å². The first kappa shape index (κ1) is 30.7. The number of carbonyl (C=O) groups excluding carboxylic acids is 6. The van der Waals surface area contributed by atoms with Crippen molar-refractivity contribution < 1.29 is 48.9 Å². The number of β-lactam (4-membered cyclic amide) rings is 1. The minimum Gasteiger partial charge on any atom is -0.504 e. The van der Waals surface area contributed by atoms with Crippen molar-refractivity contribution in [3.05, 3.63) is 22.7 Å². The quantitative estimate of drug-likeness (QED) is 0.0667. The molecule has 18 heteroatoms. The Morgan fingerprint density at radius 1 is 1.14 bits per heavy atom. The molecule has 16 nitrogen and oxygen atoms in total. The minimum atomic E-state index is -2.14. The van der Waals surface area contributed by atoms with Crippen LogP contribution in [0.2, 0.25) is 5.02 Å². The highest BCUT2D eigenvalue weighted by Gasteiger charge is 2.72. The van der Waals surface area contributed by atoms with E-state index in [0.717, 1.165) is 28.8 Å². The number of hydrogen-bond donors (Lipinski definition) is 6. The van der Waals surface area contributed by atoms with Crippen LogP contribution in [0, 0.1) is 0 Å². The number of thioether (sulfide) groups is 1. The van der Waals surface area contributed by atoms with Crippen LogP contribution in [0.1, 0.15) is 32.4 Å². The Kier molecular flexibility index (Phi) is 7.94. The summed E-state index contributed by atoms with van der Waals surface area (Å²) in [5, 5.41) is 35.2. The van der Waals surface area contributed by atoms with Gasteiger partial charge in [-0.1, -0.05) is 11.6 Å². The van der Waals surface area contributed by atoms with Crippen LogP contribution in [0.25, 0.3) is 0 Å². The van der Waals surface area contributed by atoms with Crippen LogP contribution in [0.15, 0.2) is 12.1 Å². The van der Waals surface area contributed by atoms with Gasteiger partial charge in [-0.15, -0.1) is 11.8 Å². The van der Waals surface area contributed by atoms with Crippen LogP contribution in [-0.2, 0) is 28.8 Å². The van der Waals surface area contributed by atoms with E-state index in [1.807, 2.05) is 0 Å². The highest BCUT2D eigenvalue weighted by Crippen LogP contribution is 2.54. The fraction of sp³-hybridized carbons (Fsp3) is 0.458. The summed E-state index contributed by atoms with van der Waals surface area (Å²) in [6, 6.07) is -2.58. The molecule has 0 aromatic heterocycles. The van der Waals surface area contributed by atoms with Gasteiger partial charge < -0.3 is 41.1 Å². The van der Waals surface area contributed by atoms with Gasteiger partial charge in [0.15, 0.2) is 11.5 Å². The number of halogens is 1. The number of carboxylic acid groups (broad SMARTS) is 1. The van der Waals surface area contributed by atoms with Crippen molar-refractivity contribution in [2.75, 3.05) is 19.6 Å². The number of hydrogen-bond acceptors (Lipinski definition) is 10. The van der Waals surface area contributed by atoms with Crippen molar-refractivity contribution in [1.82, 2.24) is 30.7 Å². The van der Waals surface area contributed by atoms with Gasteiger partial charge in [0.2, 0.25) is 18.0 Å². The number of likely N-dealkylation sites (N-methyl/N-ethyl adjacent to an activating group) is 1. The van der Waals surface area contributed by atoms with E-state index in [1.54, 1.807) is 20.8 Å². The Hall–Kier alpha value is -4.25. The molecular weight excluding hydrogens is 600 g/mol. The van der Waals surface area contributed by atoms with Gasteiger partial charge in [0.05, 0.1) is 5.02 Å². The predicted octanol–water partition coefficient (Wildman–Crippen LogP) is -1.10. The number of nitrogens with zero attached hydrogens (tertiary/aromatic N) is 3. The zero-order valence-corrected chi connectivity index (χ0v) is 24.0. The van der Waals surface area contributed by atoms with E-state index in [-0.39, 0.29) is 36.6 Å². The molecule has 3 aliphatic rings. The highest BCUT2D eigenvalue weighted by molar-refractivity contribution is 8.01. The Morgan fingerprint density at radius 3 is 2.38 bits per heavy atom. The number of amides is 7. The number of urea groups is 1. The number of aliphatic carboxylic acids is 1. The molecule has 4 rings (SSSR count). The lowest BCUT2D eigenvalue weighted by Crippen LogP contribution is -2.85. The third kappa shape index (κ3) is 4.81. The molecule has 1 aromatic carbocycles. The molecule has 1 aromatic rings. The Labute approximate surface area is 247 Å². The maximum atomic E-state index is 13.8. The number of aromatic hydroxyl groups is 2. The molecule has 0 saturated carbocycles. The molecular formula is C24H27ClN6O10S. The fourth-order valence-corrected chi connectivity index (χ4v) is 7.07. The van der Waals surface area contributed by atoms with E-state index < -0.39 is 75.0 Å². The maximum absolute atomic E-state index is 13.8. The van der Waals surface area contributed by atoms with E-state index >= 15 is 0 Å². The number of benzene rings is 1. The van der Waals surface area contributed by atoms with Gasteiger partial charge in [-0.05, 0) is 26.8 Å². The molecule has 0 spiro atoms. The van der Waals surface area contributed by atoms with Crippen LogP contribution in [-0.4, -0.2) is 114 Å². The molecule has 3 saturated heterocycles.